The average Bonchev–Trinajstić information content (AvgIpc) is 2.32. The van der Waals surface area contributed by atoms with Gasteiger partial charge in [0.15, 0.2) is 0 Å². The van der Waals surface area contributed by atoms with Crippen molar-refractivity contribution in [2.45, 2.75) is 19.8 Å². The zero-order chi connectivity index (χ0) is 9.19. The molecular formula is C7H15NO3S. The van der Waals surface area contributed by atoms with Gasteiger partial charge in [-0.15, -0.1) is 0 Å². The molecule has 1 rings (SSSR count). The summed E-state index contributed by atoms with van der Waals surface area (Å²) >= 11 is 0. The van der Waals surface area contributed by atoms with Crippen LogP contribution in [0.2, 0.25) is 0 Å². The van der Waals surface area contributed by atoms with Crippen LogP contribution in [0.15, 0.2) is 0 Å². The first kappa shape index (κ1) is 9.95. The van der Waals surface area contributed by atoms with Crippen LogP contribution in [0.3, 0.4) is 0 Å². The summed E-state index contributed by atoms with van der Waals surface area (Å²) in [5.74, 6) is 0.590. The molecule has 1 aliphatic heterocycles. The third kappa shape index (κ3) is 3.08. The van der Waals surface area contributed by atoms with E-state index in [1.807, 2.05) is 0 Å². The highest BCUT2D eigenvalue weighted by molar-refractivity contribution is 7.85. The summed E-state index contributed by atoms with van der Waals surface area (Å²) in [6, 6.07) is 0. The number of rotatable bonds is 3. The average molecular weight is 193 g/mol. The summed E-state index contributed by atoms with van der Waals surface area (Å²) in [7, 11) is -3.31. The van der Waals surface area contributed by atoms with Crippen molar-refractivity contribution in [2.24, 2.45) is 5.92 Å². The van der Waals surface area contributed by atoms with Crippen LogP contribution in [0.4, 0.5) is 0 Å². The fraction of sp³-hybridized carbons (Fsp3) is 1.00. The van der Waals surface area contributed by atoms with Crippen LogP contribution in [0, 0.1) is 5.92 Å². The van der Waals surface area contributed by atoms with E-state index >= 15 is 0 Å². The Kier molecular flexibility index (Phi) is 3.09. The van der Waals surface area contributed by atoms with Gasteiger partial charge in [-0.25, -0.2) is 0 Å². The summed E-state index contributed by atoms with van der Waals surface area (Å²) in [5, 5.41) is 1.53. The second kappa shape index (κ2) is 3.72. The lowest BCUT2D eigenvalue weighted by molar-refractivity contribution is -0.0298. The molecule has 0 aliphatic carbocycles. The molecule has 0 bridgehead atoms. The van der Waals surface area contributed by atoms with Crippen molar-refractivity contribution < 1.29 is 12.7 Å². The van der Waals surface area contributed by atoms with Crippen LogP contribution >= 0.6 is 0 Å². The Bertz CT molecular complexity index is 237. The molecule has 4 nitrogen and oxygen atoms in total. The maximum atomic E-state index is 10.7. The lowest BCUT2D eigenvalue weighted by atomic mass is 10.1. The number of hydrogen-bond donors (Lipinski definition) is 0. The number of hydroxylamine groups is 2. The highest BCUT2D eigenvalue weighted by Gasteiger charge is 2.24. The third-order valence-electron chi connectivity index (χ3n) is 2.07. The molecule has 72 valence electrons. The summed E-state index contributed by atoms with van der Waals surface area (Å²) in [4.78, 5) is 0. The van der Waals surface area contributed by atoms with E-state index in [0.717, 1.165) is 32.2 Å². The van der Waals surface area contributed by atoms with Crippen molar-refractivity contribution in [3.05, 3.63) is 0 Å². The Morgan fingerprint density at radius 1 is 1.58 bits per heavy atom. The lowest BCUT2D eigenvalue weighted by Crippen LogP contribution is -2.24. The van der Waals surface area contributed by atoms with Gasteiger partial charge in [0.25, 0.3) is 10.1 Å². The molecule has 1 atom stereocenters. The van der Waals surface area contributed by atoms with E-state index in [0.29, 0.717) is 5.92 Å². The Morgan fingerprint density at radius 3 is 2.67 bits per heavy atom. The molecule has 0 amide bonds. The van der Waals surface area contributed by atoms with Gasteiger partial charge in [-0.1, -0.05) is 13.3 Å². The molecule has 0 aromatic rings. The van der Waals surface area contributed by atoms with E-state index in [1.54, 1.807) is 0 Å². The van der Waals surface area contributed by atoms with E-state index in [1.165, 1.54) is 5.06 Å². The summed E-state index contributed by atoms with van der Waals surface area (Å²) < 4.78 is 26.2. The highest BCUT2D eigenvalue weighted by Crippen LogP contribution is 2.19. The van der Waals surface area contributed by atoms with Gasteiger partial charge in [0.1, 0.15) is 0 Å². The molecule has 0 aromatic carbocycles. The van der Waals surface area contributed by atoms with Crippen molar-refractivity contribution in [1.82, 2.24) is 5.06 Å². The fourth-order valence-corrected chi connectivity index (χ4v) is 1.91. The Morgan fingerprint density at radius 2 is 2.25 bits per heavy atom. The van der Waals surface area contributed by atoms with E-state index < -0.39 is 10.1 Å². The molecule has 0 aromatic heterocycles. The standard InChI is InChI=1S/C7H15NO3S/c1-3-7-4-5-8(6-7)11-12(2,9)10/h7H,3-6H2,1-2H3. The summed E-state index contributed by atoms with van der Waals surface area (Å²) in [6.45, 7) is 3.57. The van der Waals surface area contributed by atoms with Crippen molar-refractivity contribution >= 4 is 10.1 Å². The van der Waals surface area contributed by atoms with Gasteiger partial charge in [-0.05, 0) is 12.3 Å². The molecule has 1 heterocycles. The monoisotopic (exact) mass is 193 g/mol. The van der Waals surface area contributed by atoms with Gasteiger partial charge in [-0.3, -0.25) is 0 Å². The predicted molar refractivity (Wildman–Crippen MR) is 45.9 cm³/mol. The van der Waals surface area contributed by atoms with Gasteiger partial charge in [-0.2, -0.15) is 17.8 Å². The second-order valence-electron chi connectivity index (χ2n) is 3.23. The maximum Gasteiger partial charge on any atom is 0.280 e. The van der Waals surface area contributed by atoms with Crippen LogP contribution in [0.25, 0.3) is 0 Å². The Balaban J connectivity index is 2.38. The first-order valence-corrected chi connectivity index (χ1v) is 5.97. The molecule has 0 N–H and O–H groups in total. The molecule has 12 heavy (non-hydrogen) atoms. The minimum Gasteiger partial charge on any atom is -0.198 e. The molecule has 1 saturated heterocycles. The van der Waals surface area contributed by atoms with Crippen LogP contribution < -0.4 is 0 Å². The van der Waals surface area contributed by atoms with Gasteiger partial charge in [0.05, 0.1) is 6.26 Å². The molecule has 0 spiro atoms. The minimum atomic E-state index is -3.31. The largest absolute Gasteiger partial charge is 0.280 e. The zero-order valence-electron chi connectivity index (χ0n) is 7.49. The Labute approximate surface area is 73.6 Å². The molecule has 1 fully saturated rings. The van der Waals surface area contributed by atoms with Crippen molar-refractivity contribution in [3.8, 4) is 0 Å². The third-order valence-corrected chi connectivity index (χ3v) is 2.55. The van der Waals surface area contributed by atoms with Gasteiger partial charge >= 0.3 is 0 Å². The maximum absolute atomic E-state index is 10.7. The zero-order valence-corrected chi connectivity index (χ0v) is 8.30. The molecule has 1 unspecified atom stereocenters. The first-order chi connectivity index (χ1) is 5.51. The summed E-state index contributed by atoms with van der Waals surface area (Å²) in [5.41, 5.74) is 0. The van der Waals surface area contributed by atoms with Crippen molar-refractivity contribution in [1.29, 1.82) is 0 Å². The van der Waals surface area contributed by atoms with Crippen LogP contribution in [-0.2, 0) is 14.4 Å². The molecule has 5 heteroatoms. The smallest absolute Gasteiger partial charge is 0.198 e. The van der Waals surface area contributed by atoms with Crippen LogP contribution in [0.1, 0.15) is 19.8 Å². The normalized spacial score (nSPS) is 26.3. The second-order valence-corrected chi connectivity index (χ2v) is 4.79. The first-order valence-electron chi connectivity index (χ1n) is 4.16. The van der Waals surface area contributed by atoms with E-state index in [-0.39, 0.29) is 0 Å². The van der Waals surface area contributed by atoms with Crippen molar-refractivity contribution in [3.63, 3.8) is 0 Å². The van der Waals surface area contributed by atoms with Crippen molar-refractivity contribution in [2.75, 3.05) is 19.3 Å². The van der Waals surface area contributed by atoms with Crippen LogP contribution in [0.5, 0.6) is 0 Å². The topological polar surface area (TPSA) is 46.6 Å². The van der Waals surface area contributed by atoms with E-state index in [2.05, 4.69) is 6.92 Å². The predicted octanol–water partition coefficient (Wildman–Crippen LogP) is 0.609. The quantitative estimate of drug-likeness (QED) is 0.659. The fourth-order valence-electron chi connectivity index (χ4n) is 1.39. The minimum absolute atomic E-state index is 0.590. The number of nitrogens with zero attached hydrogens (tertiary/aromatic N) is 1. The van der Waals surface area contributed by atoms with Gasteiger partial charge < -0.3 is 0 Å². The lowest BCUT2D eigenvalue weighted by Gasteiger charge is -2.12. The van der Waals surface area contributed by atoms with E-state index in [4.69, 9.17) is 4.28 Å². The van der Waals surface area contributed by atoms with E-state index in [9.17, 15) is 8.42 Å². The van der Waals surface area contributed by atoms with Gasteiger partial charge in [0.2, 0.25) is 0 Å². The van der Waals surface area contributed by atoms with Crippen LogP contribution in [-0.4, -0.2) is 32.8 Å². The molecule has 1 aliphatic rings. The molecular weight excluding hydrogens is 178 g/mol. The number of hydrogen-bond acceptors (Lipinski definition) is 4. The molecule has 0 radical (unpaired) electrons. The highest BCUT2D eigenvalue weighted by atomic mass is 32.2. The van der Waals surface area contributed by atoms with Gasteiger partial charge in [0, 0.05) is 13.1 Å². The molecule has 0 saturated carbocycles. The summed E-state index contributed by atoms with van der Waals surface area (Å²) in [6.07, 6.45) is 3.20. The Hall–Kier alpha value is -0.130. The SMILES string of the molecule is CCC1CCN(OS(C)(=O)=O)C1.